The molecule has 4 aromatic heterocycles. The number of phenolic OH excluding ortho intramolecular Hbond substituents is 1. The van der Waals surface area contributed by atoms with Crippen molar-refractivity contribution in [3.8, 4) is 51.0 Å². The normalized spacial score (nSPS) is 26.5. The Morgan fingerprint density at radius 1 is 0.949 bits per heavy atom. The van der Waals surface area contributed by atoms with Crippen molar-refractivity contribution in [2.45, 2.75) is 127 Å². The first-order chi connectivity index (χ1) is 37.7. The minimum absolute atomic E-state index is 0.0381. The Kier molecular flexibility index (Phi) is 13.8. The molecule has 7 fully saturated rings. The number of anilines is 3. The molecule has 0 radical (unpaired) electrons. The average Bonchev–Trinajstić information content (AvgIpc) is 2.70. The van der Waals surface area contributed by atoms with Crippen LogP contribution in [-0.4, -0.2) is 121 Å². The summed E-state index contributed by atoms with van der Waals surface area (Å²) in [5.74, 6) is 6.97. The molecule has 2 unspecified atom stereocenters. The van der Waals surface area contributed by atoms with Crippen molar-refractivity contribution in [2.24, 2.45) is 16.7 Å². The van der Waals surface area contributed by atoms with Gasteiger partial charge in [0.15, 0.2) is 18.2 Å². The number of carbonyl (C=O) groups excluding carboxylic acids is 2. The van der Waals surface area contributed by atoms with Gasteiger partial charge in [0, 0.05) is 85.7 Å². The molecule has 4 aliphatic carbocycles. The second-order valence-corrected chi connectivity index (χ2v) is 23.9. The summed E-state index contributed by atoms with van der Waals surface area (Å²) in [4.78, 5) is 44.4. The fourth-order valence-corrected chi connectivity index (χ4v) is 14.0. The molecule has 6 atom stereocenters. The molecule has 78 heavy (non-hydrogen) atoms. The van der Waals surface area contributed by atoms with Gasteiger partial charge in [0.1, 0.15) is 23.8 Å². The number of rotatable bonds is 17. The van der Waals surface area contributed by atoms with E-state index >= 15 is 0 Å². The maximum absolute atomic E-state index is 14.2. The van der Waals surface area contributed by atoms with E-state index in [2.05, 4.69) is 69.7 Å². The number of likely N-dealkylation sites (tertiary alicyclic amines) is 1. The number of amides is 2. The number of β-amino-alcohol motifs (C(OH)–C–C–N with tert-alkyl or cyclic N) is 1. The Bertz CT molecular complexity index is 3220. The smallest absolute Gasteiger partial charge is 0.255 e. The number of phenols is 1. The number of thiazole rings is 1. The first-order valence-electron chi connectivity index (χ1n) is 27.4. The number of carbonyl (C=O) groups is 2. The minimum atomic E-state index is -0.834. The number of pyridine rings is 1. The third kappa shape index (κ3) is 10.1. The number of nitrogen functional groups attached to an aromatic ring is 1. The molecule has 7 aliphatic rings. The number of benzene rings is 2. The van der Waals surface area contributed by atoms with E-state index in [1.807, 2.05) is 81.9 Å². The summed E-state index contributed by atoms with van der Waals surface area (Å²) in [5.41, 5.74) is 14.7. The number of aromatic hydroxyl groups is 1. The van der Waals surface area contributed by atoms with Gasteiger partial charge in [0.25, 0.3) is 5.88 Å². The Morgan fingerprint density at radius 3 is 2.45 bits per heavy atom. The van der Waals surface area contributed by atoms with E-state index in [9.17, 15) is 19.8 Å². The van der Waals surface area contributed by atoms with Gasteiger partial charge in [-0.15, -0.1) is 21.5 Å². The number of fused-ring (bicyclic) bond motifs is 2. The monoisotopic (exact) mass is 1070 g/mol. The van der Waals surface area contributed by atoms with Crippen LogP contribution in [0.1, 0.15) is 101 Å². The average molecular weight is 1070 g/mol. The number of ether oxygens (including phenoxy) is 2. The number of piperazine rings is 1. The van der Waals surface area contributed by atoms with Crippen molar-refractivity contribution < 1.29 is 33.8 Å². The van der Waals surface area contributed by atoms with E-state index in [0.717, 1.165) is 97.7 Å². The molecule has 6 aromatic rings. The van der Waals surface area contributed by atoms with Gasteiger partial charge >= 0.3 is 0 Å². The van der Waals surface area contributed by atoms with Crippen molar-refractivity contribution in [1.29, 1.82) is 0 Å². The van der Waals surface area contributed by atoms with Gasteiger partial charge in [-0.05, 0) is 111 Å². The highest BCUT2D eigenvalue weighted by molar-refractivity contribution is 7.13. The third-order valence-electron chi connectivity index (χ3n) is 17.1. The van der Waals surface area contributed by atoms with Gasteiger partial charge < -0.3 is 55.3 Å². The van der Waals surface area contributed by atoms with Crippen LogP contribution in [0.25, 0.3) is 21.7 Å². The van der Waals surface area contributed by atoms with Gasteiger partial charge in [-0.25, -0.2) is 9.97 Å². The number of hydrogen-bond acceptors (Lipinski definition) is 17. The van der Waals surface area contributed by atoms with E-state index in [4.69, 9.17) is 19.7 Å². The highest BCUT2D eigenvalue weighted by Gasteiger charge is 2.67. The molecule has 13 rings (SSSR count). The number of aromatic nitrogens is 5. The third-order valence-corrected chi connectivity index (χ3v) is 18.1. The second kappa shape index (κ2) is 20.8. The molecule has 6 N–H and O–H groups in total. The van der Waals surface area contributed by atoms with Crippen LogP contribution in [0.2, 0.25) is 0 Å². The van der Waals surface area contributed by atoms with E-state index in [0.29, 0.717) is 52.3 Å². The Balaban J connectivity index is 0.572. The maximum atomic E-state index is 14.2. The fourth-order valence-electron chi connectivity index (χ4n) is 13.2. The number of aryl methyl sites for hydroxylation is 1. The minimum Gasteiger partial charge on any atom is -0.507 e. The molecule has 4 bridgehead atoms. The summed E-state index contributed by atoms with van der Waals surface area (Å²) < 4.78 is 18.1. The number of para-hydroxylation sites is 1. The number of hydrogen-bond donors (Lipinski definition) is 5. The first-order valence-corrected chi connectivity index (χ1v) is 28.3. The van der Waals surface area contributed by atoms with Crippen molar-refractivity contribution in [1.82, 2.24) is 40.9 Å². The molecule has 7 heterocycles. The van der Waals surface area contributed by atoms with Gasteiger partial charge in [0.2, 0.25) is 17.7 Å². The quantitative estimate of drug-likeness (QED) is 0.0559. The molecule has 19 heteroatoms. The highest BCUT2D eigenvalue weighted by atomic mass is 32.1. The van der Waals surface area contributed by atoms with Crippen molar-refractivity contribution in [2.75, 3.05) is 48.3 Å². The van der Waals surface area contributed by atoms with E-state index in [-0.39, 0.29) is 66.5 Å². The zero-order valence-electron chi connectivity index (χ0n) is 44.5. The molecule has 18 nitrogen and oxygen atoms in total. The SMILES string of the molecule is Cc1ncsc1-c1ccc([C@H](C)NC(=O)[C@@H]2C[C@@H](O)CN2C(=O)[C@@H](c2cc(OCC#CC34CC(CNC5CC(Oc6cc(N7C8CCC7CN(c7cc(-c9ccccc9O)nnc7N)C8)ccn6)C5)(C3)C4)no2)C(C)C)cc1. The molecule has 406 valence electrons. The molecular formula is C59H67N11O7S. The molecule has 4 saturated carbocycles. The summed E-state index contributed by atoms with van der Waals surface area (Å²) >= 11 is 1.59. The molecule has 2 amide bonds. The van der Waals surface area contributed by atoms with Gasteiger partial charge in [-0.3, -0.25) is 9.59 Å². The van der Waals surface area contributed by atoms with E-state index in [1.54, 1.807) is 29.5 Å². The molecule has 3 aliphatic heterocycles. The summed E-state index contributed by atoms with van der Waals surface area (Å²) in [5, 5.41) is 40.8. The van der Waals surface area contributed by atoms with Gasteiger partial charge in [-0.2, -0.15) is 0 Å². The first kappa shape index (κ1) is 51.5. The van der Waals surface area contributed by atoms with Gasteiger partial charge in [0.05, 0.1) is 39.6 Å². The summed E-state index contributed by atoms with van der Waals surface area (Å²) in [6.07, 6.45) is 8.54. The van der Waals surface area contributed by atoms with Crippen LogP contribution in [0.15, 0.2) is 89.0 Å². The number of nitrogens with one attached hydrogen (secondary N) is 2. The maximum Gasteiger partial charge on any atom is 0.255 e. The zero-order chi connectivity index (χ0) is 53.9. The topological polar surface area (TPSA) is 230 Å². The predicted molar refractivity (Wildman–Crippen MR) is 296 cm³/mol. The standard InChI is InChI=1S/C59H67N11O7S/c1-34(2)53(57(74)69-28-43(71)23-48(69)56(73)64-35(3)37-10-12-38(13-11-37)54-36(4)63-33-78-54)50-25-52(67-77-50)75-19-7-17-58-29-59(30-58,31-58)32-62-39-20-44(21-39)76-51-22-40(16-18-61-51)70-41-14-15-42(70)27-68(26-41)47-24-46(65-66-55(47)60)45-8-5-6-9-49(45)72/h5-6,8-13,16,18,22,24-25,33-35,39,41-44,48,53,62,71-72H,14-15,19-21,23,26-32H2,1-4H3,(H2,60,66)(H,64,73)/t35-,39?,41?,42?,43+,44?,48-,53+,58?,59?/m0/s1. The van der Waals surface area contributed by atoms with Crippen LogP contribution in [0.4, 0.5) is 17.2 Å². The lowest BCUT2D eigenvalue weighted by Gasteiger charge is -2.69. The van der Waals surface area contributed by atoms with Crippen molar-refractivity contribution in [3.63, 3.8) is 0 Å². The lowest BCUT2D eigenvalue weighted by Crippen LogP contribution is -2.66. The van der Waals surface area contributed by atoms with E-state index in [1.165, 1.54) is 4.90 Å². The second-order valence-electron chi connectivity index (χ2n) is 23.1. The number of nitrogens with zero attached hydrogens (tertiary/aromatic N) is 8. The van der Waals surface area contributed by atoms with Crippen LogP contribution < -0.4 is 35.6 Å². The largest absolute Gasteiger partial charge is 0.507 e. The van der Waals surface area contributed by atoms with Crippen LogP contribution in [0, 0.1) is 35.5 Å². The summed E-state index contributed by atoms with van der Waals surface area (Å²) in [6, 6.07) is 22.8. The molecular weight excluding hydrogens is 1010 g/mol. The van der Waals surface area contributed by atoms with Gasteiger partial charge in [-0.1, -0.05) is 62.1 Å². The highest BCUT2D eigenvalue weighted by Crippen LogP contribution is 2.72. The Morgan fingerprint density at radius 2 is 1.72 bits per heavy atom. The fraction of sp³-hybridized carbons (Fsp3) is 0.475. The van der Waals surface area contributed by atoms with Crippen LogP contribution in [0.3, 0.4) is 0 Å². The van der Waals surface area contributed by atoms with E-state index < -0.39 is 18.1 Å². The van der Waals surface area contributed by atoms with Crippen LogP contribution >= 0.6 is 11.3 Å². The molecule has 3 saturated heterocycles. The summed E-state index contributed by atoms with van der Waals surface area (Å²) in [7, 11) is 0. The van der Waals surface area contributed by atoms with Crippen LogP contribution in [0.5, 0.6) is 17.5 Å². The number of aliphatic hydroxyl groups excluding tert-OH is 1. The molecule has 2 aromatic carbocycles. The predicted octanol–water partition coefficient (Wildman–Crippen LogP) is 7.43. The lowest BCUT2D eigenvalue weighted by atomic mass is 9.35. The number of aliphatic hydroxyl groups is 1. The molecule has 0 spiro atoms. The summed E-state index contributed by atoms with van der Waals surface area (Å²) in [6.45, 7) is 10.5. The van der Waals surface area contributed by atoms with Crippen molar-refractivity contribution >= 4 is 40.3 Å². The number of nitrogens with two attached hydrogens (primary N) is 1. The lowest BCUT2D eigenvalue weighted by molar-refractivity contribution is -0.160. The Labute approximate surface area is 458 Å². The van der Waals surface area contributed by atoms with Crippen molar-refractivity contribution in [3.05, 3.63) is 102 Å². The zero-order valence-corrected chi connectivity index (χ0v) is 45.3. The Hall–Kier alpha value is -7.27. The van der Waals surface area contributed by atoms with Crippen LogP contribution in [-0.2, 0) is 9.59 Å².